The Labute approximate surface area is 196 Å². The SMILES string of the molecule is O=c1ccc2nc3c(oc-2c1CNc1cccc2cccnc12)c(Br)c(O)c1ccccc13. The summed E-state index contributed by atoms with van der Waals surface area (Å²) in [5.74, 6) is 0.453. The van der Waals surface area contributed by atoms with Gasteiger partial charge in [-0.2, -0.15) is 0 Å². The van der Waals surface area contributed by atoms with Crippen molar-refractivity contribution in [2.24, 2.45) is 0 Å². The second-order valence-corrected chi connectivity index (χ2v) is 8.52. The molecule has 3 aromatic carbocycles. The van der Waals surface area contributed by atoms with Gasteiger partial charge in [-0.3, -0.25) is 9.78 Å². The molecule has 6 rings (SSSR count). The molecule has 160 valence electrons. The minimum absolute atomic E-state index is 0.0720. The zero-order chi connectivity index (χ0) is 22.5. The summed E-state index contributed by atoms with van der Waals surface area (Å²) in [6, 6.07) is 20.4. The van der Waals surface area contributed by atoms with Crippen molar-refractivity contribution in [3.05, 3.63) is 93.2 Å². The number of aromatic hydroxyl groups is 1. The lowest BCUT2D eigenvalue weighted by molar-refractivity contribution is 0.476. The average molecular weight is 498 g/mol. The van der Waals surface area contributed by atoms with Crippen LogP contribution >= 0.6 is 15.9 Å². The molecule has 0 amide bonds. The van der Waals surface area contributed by atoms with Gasteiger partial charge in [0.15, 0.2) is 16.8 Å². The van der Waals surface area contributed by atoms with Crippen molar-refractivity contribution in [2.75, 3.05) is 5.32 Å². The largest absolute Gasteiger partial charge is 0.506 e. The quantitative estimate of drug-likeness (QED) is 0.227. The predicted octanol–water partition coefficient (Wildman–Crippen LogP) is 6.07. The van der Waals surface area contributed by atoms with Gasteiger partial charge in [-0.05, 0) is 40.2 Å². The third-order valence-electron chi connectivity index (χ3n) is 5.78. The molecule has 2 N–H and O–H groups in total. The van der Waals surface area contributed by atoms with E-state index >= 15 is 0 Å². The molecular formula is C26H16BrN3O3. The molecule has 0 atom stereocenters. The van der Waals surface area contributed by atoms with Crippen LogP contribution in [0.5, 0.6) is 5.75 Å². The molecule has 1 aromatic heterocycles. The van der Waals surface area contributed by atoms with Gasteiger partial charge >= 0.3 is 0 Å². The maximum Gasteiger partial charge on any atom is 0.187 e. The molecule has 0 unspecified atom stereocenters. The first-order valence-corrected chi connectivity index (χ1v) is 11.1. The third kappa shape index (κ3) is 3.12. The summed E-state index contributed by atoms with van der Waals surface area (Å²) >= 11 is 3.45. The molecule has 7 heteroatoms. The Hall–Kier alpha value is -3.97. The molecule has 1 aliphatic heterocycles. The summed E-state index contributed by atoms with van der Waals surface area (Å²) in [6.45, 7) is 0.236. The molecule has 1 aliphatic carbocycles. The summed E-state index contributed by atoms with van der Waals surface area (Å²) < 4.78 is 6.63. The maximum absolute atomic E-state index is 12.8. The van der Waals surface area contributed by atoms with E-state index in [2.05, 4.69) is 26.2 Å². The standard InChI is InChI=1S/C26H16BrN3O3/c27-21-24(32)16-8-2-1-7-15(16)23-26(21)33-25-17(20(31)11-10-19(25)30-23)13-29-18-9-3-5-14-6-4-12-28-22(14)18/h1-12,29,32H,13H2. The lowest BCUT2D eigenvalue weighted by Gasteiger charge is -2.15. The number of nitrogens with one attached hydrogen (secondary N) is 1. The Bertz CT molecular complexity index is 1720. The van der Waals surface area contributed by atoms with Crippen LogP contribution in [0.4, 0.5) is 5.69 Å². The third-order valence-corrected chi connectivity index (χ3v) is 6.52. The van der Waals surface area contributed by atoms with Crippen LogP contribution in [-0.4, -0.2) is 15.1 Å². The Morgan fingerprint density at radius 1 is 0.939 bits per heavy atom. The van der Waals surface area contributed by atoms with Crippen molar-refractivity contribution in [2.45, 2.75) is 6.54 Å². The van der Waals surface area contributed by atoms with Crippen LogP contribution in [0.25, 0.3) is 44.2 Å². The van der Waals surface area contributed by atoms with Crippen LogP contribution in [-0.2, 0) is 6.54 Å². The van der Waals surface area contributed by atoms with Crippen molar-refractivity contribution in [1.29, 1.82) is 0 Å². The number of fused-ring (bicyclic) bond motifs is 5. The van der Waals surface area contributed by atoms with E-state index in [1.807, 2.05) is 54.6 Å². The van der Waals surface area contributed by atoms with E-state index in [1.165, 1.54) is 6.07 Å². The highest BCUT2D eigenvalue weighted by Crippen LogP contribution is 2.42. The zero-order valence-corrected chi connectivity index (χ0v) is 18.8. The van der Waals surface area contributed by atoms with E-state index in [9.17, 15) is 9.90 Å². The van der Waals surface area contributed by atoms with E-state index in [0.717, 1.165) is 22.0 Å². The first-order valence-electron chi connectivity index (χ1n) is 10.3. The second kappa shape index (κ2) is 7.56. The smallest absolute Gasteiger partial charge is 0.187 e. The molecule has 4 aromatic rings. The van der Waals surface area contributed by atoms with Gasteiger partial charge in [-0.1, -0.05) is 42.5 Å². The van der Waals surface area contributed by atoms with E-state index in [1.54, 1.807) is 12.3 Å². The summed E-state index contributed by atoms with van der Waals surface area (Å²) in [7, 11) is 0. The molecule has 2 aliphatic rings. The van der Waals surface area contributed by atoms with Crippen molar-refractivity contribution in [3.8, 4) is 17.2 Å². The number of rotatable bonds is 3. The van der Waals surface area contributed by atoms with Crippen LogP contribution in [0.15, 0.2) is 86.6 Å². The van der Waals surface area contributed by atoms with Crippen molar-refractivity contribution < 1.29 is 9.52 Å². The number of benzene rings is 4. The fourth-order valence-corrected chi connectivity index (χ4v) is 4.65. The monoisotopic (exact) mass is 497 g/mol. The summed E-state index contributed by atoms with van der Waals surface area (Å²) in [5.41, 5.74) is 3.51. The number of phenols is 1. The molecule has 0 saturated heterocycles. The Balaban J connectivity index is 1.53. The van der Waals surface area contributed by atoms with Crippen LogP contribution in [0, 0.1) is 0 Å². The van der Waals surface area contributed by atoms with Gasteiger partial charge in [0, 0.05) is 28.9 Å². The highest BCUT2D eigenvalue weighted by atomic mass is 79.9. The Kier molecular flexibility index (Phi) is 4.52. The van der Waals surface area contributed by atoms with Gasteiger partial charge in [0.1, 0.15) is 21.4 Å². The van der Waals surface area contributed by atoms with Crippen LogP contribution in [0.1, 0.15) is 5.56 Å². The fourth-order valence-electron chi connectivity index (χ4n) is 4.17. The highest BCUT2D eigenvalue weighted by molar-refractivity contribution is 9.10. The zero-order valence-electron chi connectivity index (χ0n) is 17.2. The topological polar surface area (TPSA) is 88.3 Å². The number of aromatic nitrogens is 2. The van der Waals surface area contributed by atoms with Gasteiger partial charge in [0.25, 0.3) is 0 Å². The van der Waals surface area contributed by atoms with Crippen molar-refractivity contribution >= 4 is 54.4 Å². The normalized spacial score (nSPS) is 11.5. The van der Waals surface area contributed by atoms with Gasteiger partial charge in [-0.15, -0.1) is 0 Å². The van der Waals surface area contributed by atoms with E-state index < -0.39 is 0 Å². The van der Waals surface area contributed by atoms with Crippen LogP contribution < -0.4 is 10.7 Å². The van der Waals surface area contributed by atoms with E-state index in [4.69, 9.17) is 9.40 Å². The molecule has 2 heterocycles. The number of hydrogen-bond donors (Lipinski definition) is 2. The van der Waals surface area contributed by atoms with Crippen LogP contribution in [0.2, 0.25) is 0 Å². The van der Waals surface area contributed by atoms with Gasteiger partial charge < -0.3 is 14.8 Å². The summed E-state index contributed by atoms with van der Waals surface area (Å²) in [4.78, 5) is 22.1. The fraction of sp³-hybridized carbons (Fsp3) is 0.0385. The number of halogens is 1. The molecule has 33 heavy (non-hydrogen) atoms. The molecule has 0 radical (unpaired) electrons. The Morgan fingerprint density at radius 2 is 1.76 bits per heavy atom. The van der Waals surface area contributed by atoms with Gasteiger partial charge in [-0.25, -0.2) is 4.98 Å². The molecule has 0 fully saturated rings. The van der Waals surface area contributed by atoms with Crippen molar-refractivity contribution in [1.82, 2.24) is 9.97 Å². The lowest BCUT2D eigenvalue weighted by Crippen LogP contribution is -2.15. The van der Waals surface area contributed by atoms with Crippen molar-refractivity contribution in [3.63, 3.8) is 0 Å². The second-order valence-electron chi connectivity index (χ2n) is 7.72. The van der Waals surface area contributed by atoms with Gasteiger partial charge in [0.2, 0.25) is 0 Å². The summed E-state index contributed by atoms with van der Waals surface area (Å²) in [6.07, 6.45) is 1.74. The Morgan fingerprint density at radius 3 is 2.64 bits per heavy atom. The number of anilines is 1. The lowest BCUT2D eigenvalue weighted by atomic mass is 10.1. The average Bonchev–Trinajstić information content (AvgIpc) is 2.86. The molecule has 6 nitrogen and oxygen atoms in total. The number of hydrogen-bond acceptors (Lipinski definition) is 6. The van der Waals surface area contributed by atoms with Crippen LogP contribution in [0.3, 0.4) is 0 Å². The number of para-hydroxylation sites is 1. The first kappa shape index (κ1) is 19.7. The minimum atomic E-state index is -0.158. The molecular weight excluding hydrogens is 482 g/mol. The number of nitrogens with zero attached hydrogens (tertiary/aromatic N) is 2. The maximum atomic E-state index is 12.8. The minimum Gasteiger partial charge on any atom is -0.506 e. The molecule has 0 bridgehead atoms. The van der Waals surface area contributed by atoms with Gasteiger partial charge in [0.05, 0.1) is 16.8 Å². The highest BCUT2D eigenvalue weighted by Gasteiger charge is 2.21. The summed E-state index contributed by atoms with van der Waals surface area (Å²) in [5, 5.41) is 16.5. The molecule has 0 saturated carbocycles. The van der Waals surface area contributed by atoms with E-state index in [-0.39, 0.29) is 17.7 Å². The number of pyridine rings is 1. The van der Waals surface area contributed by atoms with E-state index in [0.29, 0.717) is 38.0 Å². The molecule has 0 spiro atoms. The number of phenolic OH excluding ortho intramolecular Hbond substituents is 1. The first-order chi connectivity index (χ1) is 16.1. The predicted molar refractivity (Wildman–Crippen MR) is 133 cm³/mol.